The molecular formula is C14H18FNO4S. The zero-order valence-corrected chi connectivity index (χ0v) is 12.3. The maximum atomic E-state index is 12.8. The fourth-order valence-corrected chi connectivity index (χ4v) is 4.46. The Kier molecular flexibility index (Phi) is 4.63. The molecule has 2 N–H and O–H groups in total. The first-order chi connectivity index (χ1) is 9.80. The molecule has 0 spiro atoms. The second-order valence-electron chi connectivity index (χ2n) is 5.55. The molecule has 1 aliphatic rings. The van der Waals surface area contributed by atoms with Crippen LogP contribution in [0.4, 0.5) is 4.39 Å². The molecule has 1 saturated carbocycles. The van der Waals surface area contributed by atoms with Crippen molar-refractivity contribution in [3.8, 4) is 0 Å². The quantitative estimate of drug-likeness (QED) is 0.841. The van der Waals surface area contributed by atoms with Crippen molar-refractivity contribution in [1.29, 1.82) is 0 Å². The minimum absolute atomic E-state index is 0.213. The number of hydrogen-bond acceptors (Lipinski definition) is 3. The molecule has 0 heterocycles. The SMILES string of the molecule is O=C(O)CC1(NS(=O)(=O)Cc2ccc(F)cc2)CCCC1. The normalized spacial score (nSPS) is 17.8. The zero-order chi connectivity index (χ0) is 15.5. The first kappa shape index (κ1) is 15.9. The van der Waals surface area contributed by atoms with Gasteiger partial charge in [-0.3, -0.25) is 4.79 Å². The minimum Gasteiger partial charge on any atom is -0.481 e. The highest BCUT2D eigenvalue weighted by molar-refractivity contribution is 7.88. The summed E-state index contributed by atoms with van der Waals surface area (Å²) in [5.41, 5.74) is -0.419. The molecule has 0 bridgehead atoms. The Morgan fingerprint density at radius 3 is 2.33 bits per heavy atom. The Labute approximate surface area is 123 Å². The summed E-state index contributed by atoms with van der Waals surface area (Å²) >= 11 is 0. The van der Waals surface area contributed by atoms with Gasteiger partial charge in [-0.05, 0) is 30.5 Å². The van der Waals surface area contributed by atoms with Gasteiger partial charge in [-0.25, -0.2) is 17.5 Å². The number of aliphatic carboxylic acids is 1. The van der Waals surface area contributed by atoms with E-state index in [0.717, 1.165) is 12.8 Å². The molecular weight excluding hydrogens is 297 g/mol. The van der Waals surface area contributed by atoms with E-state index in [1.165, 1.54) is 24.3 Å². The smallest absolute Gasteiger partial charge is 0.305 e. The molecule has 0 radical (unpaired) electrons. The number of halogens is 1. The second-order valence-corrected chi connectivity index (χ2v) is 7.27. The number of carbonyl (C=O) groups is 1. The van der Waals surface area contributed by atoms with Gasteiger partial charge in [0.15, 0.2) is 0 Å². The summed E-state index contributed by atoms with van der Waals surface area (Å²) < 4.78 is 39.8. The summed E-state index contributed by atoms with van der Waals surface area (Å²) in [6.45, 7) is 0. The minimum atomic E-state index is -3.67. The molecule has 2 rings (SSSR count). The zero-order valence-electron chi connectivity index (χ0n) is 11.5. The summed E-state index contributed by atoms with van der Waals surface area (Å²) in [6.07, 6.45) is 2.47. The Morgan fingerprint density at radius 2 is 1.81 bits per heavy atom. The van der Waals surface area contributed by atoms with E-state index in [1.807, 2.05) is 0 Å². The lowest BCUT2D eigenvalue weighted by Gasteiger charge is -2.28. The van der Waals surface area contributed by atoms with E-state index >= 15 is 0 Å². The third-order valence-electron chi connectivity index (χ3n) is 3.69. The van der Waals surface area contributed by atoms with Crippen LogP contribution in [0.2, 0.25) is 0 Å². The molecule has 0 amide bonds. The van der Waals surface area contributed by atoms with Gasteiger partial charge >= 0.3 is 5.97 Å². The standard InChI is InChI=1S/C14H18FNO4S/c15-12-5-3-11(4-6-12)10-21(19,20)16-14(9-13(17)18)7-1-2-8-14/h3-6,16H,1-2,7-10H2,(H,17,18). The molecule has 1 aromatic carbocycles. The van der Waals surface area contributed by atoms with Crippen molar-refractivity contribution in [3.63, 3.8) is 0 Å². The van der Waals surface area contributed by atoms with Crippen LogP contribution in [0.1, 0.15) is 37.7 Å². The predicted octanol–water partition coefficient (Wildman–Crippen LogP) is 2.03. The van der Waals surface area contributed by atoms with Crippen molar-refractivity contribution in [2.24, 2.45) is 0 Å². The molecule has 1 aromatic rings. The Hall–Kier alpha value is -1.47. The highest BCUT2D eigenvalue weighted by Gasteiger charge is 2.39. The first-order valence-electron chi connectivity index (χ1n) is 6.78. The molecule has 0 saturated heterocycles. The van der Waals surface area contributed by atoms with Crippen LogP contribution >= 0.6 is 0 Å². The van der Waals surface area contributed by atoms with Gasteiger partial charge in [-0.2, -0.15) is 0 Å². The number of hydrogen-bond donors (Lipinski definition) is 2. The van der Waals surface area contributed by atoms with Gasteiger partial charge in [0.25, 0.3) is 0 Å². The van der Waals surface area contributed by atoms with Crippen molar-refractivity contribution < 1.29 is 22.7 Å². The van der Waals surface area contributed by atoms with Crippen LogP contribution in [-0.2, 0) is 20.6 Å². The Balaban J connectivity index is 2.11. The van der Waals surface area contributed by atoms with Crippen LogP contribution < -0.4 is 4.72 Å². The number of rotatable bonds is 6. The lowest BCUT2D eigenvalue weighted by atomic mass is 9.95. The van der Waals surface area contributed by atoms with Gasteiger partial charge in [0.2, 0.25) is 10.0 Å². The van der Waals surface area contributed by atoms with Crippen LogP contribution in [0.25, 0.3) is 0 Å². The van der Waals surface area contributed by atoms with Crippen LogP contribution in [-0.4, -0.2) is 25.0 Å². The molecule has 0 aromatic heterocycles. The Bertz CT molecular complexity index is 606. The summed E-state index contributed by atoms with van der Waals surface area (Å²) in [4.78, 5) is 11.0. The lowest BCUT2D eigenvalue weighted by molar-refractivity contribution is -0.138. The van der Waals surface area contributed by atoms with Gasteiger partial charge in [-0.1, -0.05) is 25.0 Å². The van der Waals surface area contributed by atoms with E-state index in [9.17, 15) is 17.6 Å². The molecule has 0 aliphatic heterocycles. The van der Waals surface area contributed by atoms with Gasteiger partial charge < -0.3 is 5.11 Å². The maximum absolute atomic E-state index is 12.8. The lowest BCUT2D eigenvalue weighted by Crippen LogP contribution is -2.48. The molecule has 5 nitrogen and oxygen atoms in total. The predicted molar refractivity (Wildman–Crippen MR) is 75.6 cm³/mol. The van der Waals surface area contributed by atoms with Crippen LogP contribution in [0.15, 0.2) is 24.3 Å². The molecule has 0 unspecified atom stereocenters. The van der Waals surface area contributed by atoms with E-state index in [1.54, 1.807) is 0 Å². The summed E-state index contributed by atoms with van der Waals surface area (Å²) in [7, 11) is -3.67. The molecule has 1 fully saturated rings. The number of sulfonamides is 1. The van der Waals surface area contributed by atoms with Gasteiger partial charge in [-0.15, -0.1) is 0 Å². The van der Waals surface area contributed by atoms with E-state index < -0.39 is 27.3 Å². The average molecular weight is 315 g/mol. The molecule has 1 aliphatic carbocycles. The number of carboxylic acid groups (broad SMARTS) is 1. The van der Waals surface area contributed by atoms with Crippen LogP contribution in [0.5, 0.6) is 0 Å². The largest absolute Gasteiger partial charge is 0.481 e. The highest BCUT2D eigenvalue weighted by atomic mass is 32.2. The van der Waals surface area contributed by atoms with Crippen LogP contribution in [0, 0.1) is 5.82 Å². The first-order valence-corrected chi connectivity index (χ1v) is 8.43. The van der Waals surface area contributed by atoms with Crippen molar-refractivity contribution in [3.05, 3.63) is 35.6 Å². The number of nitrogens with one attached hydrogen (secondary N) is 1. The van der Waals surface area contributed by atoms with Crippen molar-refractivity contribution in [1.82, 2.24) is 4.72 Å². The molecule has 7 heteroatoms. The van der Waals surface area contributed by atoms with Gasteiger partial charge in [0, 0.05) is 5.54 Å². The highest BCUT2D eigenvalue weighted by Crippen LogP contribution is 2.33. The Morgan fingerprint density at radius 1 is 1.24 bits per heavy atom. The molecule has 0 atom stereocenters. The van der Waals surface area contributed by atoms with E-state index in [4.69, 9.17) is 5.11 Å². The van der Waals surface area contributed by atoms with E-state index in [2.05, 4.69) is 4.72 Å². The second kappa shape index (κ2) is 6.11. The molecule has 116 valence electrons. The van der Waals surface area contributed by atoms with Crippen molar-refractivity contribution >= 4 is 16.0 Å². The average Bonchev–Trinajstić information content (AvgIpc) is 2.78. The van der Waals surface area contributed by atoms with E-state index in [-0.39, 0.29) is 12.2 Å². The summed E-state index contributed by atoms with van der Waals surface area (Å²) in [5.74, 6) is -1.72. The third kappa shape index (κ3) is 4.50. The number of benzene rings is 1. The summed E-state index contributed by atoms with van der Waals surface area (Å²) in [5, 5.41) is 8.98. The maximum Gasteiger partial charge on any atom is 0.305 e. The fraction of sp³-hybridized carbons (Fsp3) is 0.500. The monoisotopic (exact) mass is 315 g/mol. The topological polar surface area (TPSA) is 83.5 Å². The van der Waals surface area contributed by atoms with Crippen molar-refractivity contribution in [2.45, 2.75) is 43.4 Å². The van der Waals surface area contributed by atoms with Crippen molar-refractivity contribution in [2.75, 3.05) is 0 Å². The third-order valence-corrected chi connectivity index (χ3v) is 5.15. The number of carboxylic acids is 1. The van der Waals surface area contributed by atoms with Crippen LogP contribution in [0.3, 0.4) is 0 Å². The molecule has 21 heavy (non-hydrogen) atoms. The van der Waals surface area contributed by atoms with Gasteiger partial charge in [0.05, 0.1) is 12.2 Å². The van der Waals surface area contributed by atoms with E-state index in [0.29, 0.717) is 18.4 Å². The fourth-order valence-electron chi connectivity index (χ4n) is 2.82. The van der Waals surface area contributed by atoms with Gasteiger partial charge in [0.1, 0.15) is 5.82 Å². The summed E-state index contributed by atoms with van der Waals surface area (Å²) in [6, 6.07) is 5.22.